The lowest BCUT2D eigenvalue weighted by Crippen LogP contribution is -2.50. The minimum atomic E-state index is -3.64. The number of nitrogens with zero attached hydrogens (tertiary/aromatic N) is 2. The minimum absolute atomic E-state index is 0.0851. The van der Waals surface area contributed by atoms with E-state index in [0.29, 0.717) is 32.2 Å². The maximum Gasteiger partial charge on any atom is 0.245 e. The third-order valence-corrected chi connectivity index (χ3v) is 7.34. The third-order valence-electron chi connectivity index (χ3n) is 3.56. The van der Waals surface area contributed by atoms with E-state index in [0.717, 1.165) is 0 Å². The van der Waals surface area contributed by atoms with Gasteiger partial charge in [-0.1, -0.05) is 0 Å². The topological polar surface area (TPSA) is 40.6 Å². The third kappa shape index (κ3) is 3.67. The molecule has 1 aromatic carbocycles. The van der Waals surface area contributed by atoms with Crippen LogP contribution in [-0.2, 0) is 10.0 Å². The molecule has 21 heavy (non-hydrogen) atoms. The van der Waals surface area contributed by atoms with Crippen LogP contribution in [0.5, 0.6) is 0 Å². The van der Waals surface area contributed by atoms with Gasteiger partial charge in [-0.2, -0.15) is 4.31 Å². The fraction of sp³-hybridized carbons (Fsp3) is 0.538. The zero-order valence-corrected chi connectivity index (χ0v) is 15.8. The van der Waals surface area contributed by atoms with Crippen LogP contribution in [-0.4, -0.2) is 49.8 Å². The molecule has 2 rings (SSSR count). The quantitative estimate of drug-likeness (QED) is 0.720. The number of rotatable bonds is 3. The van der Waals surface area contributed by atoms with Gasteiger partial charge < -0.3 is 0 Å². The summed E-state index contributed by atoms with van der Waals surface area (Å²) in [7, 11) is -3.64. The average molecular weight is 444 g/mol. The van der Waals surface area contributed by atoms with Gasteiger partial charge in [-0.3, -0.25) is 4.90 Å². The first-order chi connectivity index (χ1) is 9.73. The molecule has 0 amide bonds. The molecule has 0 bridgehead atoms. The van der Waals surface area contributed by atoms with Crippen LogP contribution in [0.25, 0.3) is 0 Å². The fourth-order valence-corrected chi connectivity index (χ4v) is 6.24. The van der Waals surface area contributed by atoms with Gasteiger partial charge in [0.1, 0.15) is 10.7 Å². The van der Waals surface area contributed by atoms with Gasteiger partial charge in [0.15, 0.2) is 0 Å². The van der Waals surface area contributed by atoms with E-state index in [1.54, 1.807) is 0 Å². The van der Waals surface area contributed by atoms with Crippen molar-refractivity contribution in [2.75, 3.05) is 26.2 Å². The highest BCUT2D eigenvalue weighted by Gasteiger charge is 2.32. The van der Waals surface area contributed by atoms with Crippen molar-refractivity contribution in [3.63, 3.8) is 0 Å². The molecule has 0 atom stereocenters. The van der Waals surface area contributed by atoms with Gasteiger partial charge in [-0.25, -0.2) is 12.8 Å². The van der Waals surface area contributed by atoms with E-state index in [9.17, 15) is 12.8 Å². The number of benzene rings is 1. The van der Waals surface area contributed by atoms with E-state index >= 15 is 0 Å². The standard InChI is InChI=1S/C13H17Br2FN2O2S/c1-9(2)17-3-5-18(6-4-17)21(19,20)13-11(14)7-10(16)8-12(13)15/h7-9H,3-6H2,1-2H3. The molecule has 8 heteroatoms. The Hall–Kier alpha value is -0.0200. The Kier molecular flexibility index (Phi) is 5.46. The first-order valence-electron chi connectivity index (χ1n) is 6.62. The molecule has 0 unspecified atom stereocenters. The Bertz CT molecular complexity index is 606. The van der Waals surface area contributed by atoms with Crippen LogP contribution < -0.4 is 0 Å². The number of hydrogen-bond donors (Lipinski definition) is 0. The molecule has 1 aromatic rings. The molecule has 0 spiro atoms. The minimum Gasteiger partial charge on any atom is -0.298 e. The molecule has 118 valence electrons. The summed E-state index contributed by atoms with van der Waals surface area (Å²) in [6.45, 7) is 6.48. The van der Waals surface area contributed by atoms with E-state index in [4.69, 9.17) is 0 Å². The number of sulfonamides is 1. The highest BCUT2D eigenvalue weighted by molar-refractivity contribution is 9.11. The van der Waals surface area contributed by atoms with Crippen molar-refractivity contribution >= 4 is 41.9 Å². The van der Waals surface area contributed by atoms with Gasteiger partial charge >= 0.3 is 0 Å². The molecule has 0 radical (unpaired) electrons. The Balaban J connectivity index is 2.28. The monoisotopic (exact) mass is 442 g/mol. The van der Waals surface area contributed by atoms with Crippen molar-refractivity contribution < 1.29 is 12.8 Å². The Labute approximate surface area is 141 Å². The SMILES string of the molecule is CC(C)N1CCN(S(=O)(=O)c2c(Br)cc(F)cc2Br)CC1. The van der Waals surface area contributed by atoms with Crippen LogP contribution in [0, 0.1) is 5.82 Å². The summed E-state index contributed by atoms with van der Waals surface area (Å²) in [4.78, 5) is 2.32. The molecule has 0 aliphatic carbocycles. The predicted octanol–water partition coefficient (Wildman–Crippen LogP) is 3.07. The summed E-state index contributed by atoms with van der Waals surface area (Å²) in [5, 5.41) is 0. The van der Waals surface area contributed by atoms with Crippen molar-refractivity contribution in [2.24, 2.45) is 0 Å². The van der Waals surface area contributed by atoms with Crippen molar-refractivity contribution in [1.29, 1.82) is 0 Å². The normalized spacial score (nSPS) is 18.4. The smallest absolute Gasteiger partial charge is 0.245 e. The molecule has 1 aliphatic rings. The Morgan fingerprint density at radius 2 is 1.57 bits per heavy atom. The summed E-state index contributed by atoms with van der Waals surface area (Å²) >= 11 is 6.30. The summed E-state index contributed by atoms with van der Waals surface area (Å²) in [5.74, 6) is -0.489. The van der Waals surface area contributed by atoms with Crippen molar-refractivity contribution in [3.05, 3.63) is 26.9 Å². The lowest BCUT2D eigenvalue weighted by Gasteiger charge is -2.36. The second-order valence-corrected chi connectivity index (χ2v) is 8.82. The first kappa shape index (κ1) is 17.3. The van der Waals surface area contributed by atoms with E-state index in [-0.39, 0.29) is 13.8 Å². The van der Waals surface area contributed by atoms with Crippen LogP contribution in [0.2, 0.25) is 0 Å². The van der Waals surface area contributed by atoms with Gasteiger partial charge in [0, 0.05) is 41.2 Å². The lowest BCUT2D eigenvalue weighted by atomic mass is 10.3. The maximum absolute atomic E-state index is 13.3. The van der Waals surface area contributed by atoms with Crippen LogP contribution in [0.15, 0.2) is 26.0 Å². The summed E-state index contributed by atoms with van der Waals surface area (Å²) < 4.78 is 40.7. The van der Waals surface area contributed by atoms with Crippen molar-refractivity contribution in [1.82, 2.24) is 9.21 Å². The second-order valence-electron chi connectivity index (χ2n) is 5.23. The van der Waals surface area contributed by atoms with Gasteiger partial charge in [-0.05, 0) is 57.8 Å². The molecule has 0 N–H and O–H groups in total. The van der Waals surface area contributed by atoms with E-state index < -0.39 is 15.8 Å². The van der Waals surface area contributed by atoms with Gasteiger partial charge in [-0.15, -0.1) is 0 Å². The molecular formula is C13H17Br2FN2O2S. The second kappa shape index (κ2) is 6.62. The number of piperazine rings is 1. The van der Waals surface area contributed by atoms with Crippen molar-refractivity contribution in [2.45, 2.75) is 24.8 Å². The van der Waals surface area contributed by atoms with Crippen LogP contribution in [0.1, 0.15) is 13.8 Å². The molecular weight excluding hydrogens is 427 g/mol. The summed E-state index contributed by atoms with van der Waals surface area (Å²) in [6.07, 6.45) is 0. The molecule has 1 heterocycles. The van der Waals surface area contributed by atoms with Crippen LogP contribution >= 0.6 is 31.9 Å². The summed E-state index contributed by atoms with van der Waals surface area (Å²) in [6, 6.07) is 2.74. The molecule has 4 nitrogen and oxygen atoms in total. The highest BCUT2D eigenvalue weighted by atomic mass is 79.9. The van der Waals surface area contributed by atoms with E-state index in [1.165, 1.54) is 16.4 Å². The largest absolute Gasteiger partial charge is 0.298 e. The molecule has 1 fully saturated rings. The van der Waals surface area contributed by atoms with Crippen LogP contribution in [0.4, 0.5) is 4.39 Å². The maximum atomic E-state index is 13.3. The Morgan fingerprint density at radius 1 is 1.10 bits per heavy atom. The average Bonchev–Trinajstić information content (AvgIpc) is 2.37. The van der Waals surface area contributed by atoms with E-state index in [2.05, 4.69) is 50.6 Å². The van der Waals surface area contributed by atoms with Crippen LogP contribution in [0.3, 0.4) is 0 Å². The molecule has 0 saturated carbocycles. The predicted molar refractivity (Wildman–Crippen MR) is 87.3 cm³/mol. The Morgan fingerprint density at radius 3 is 2.00 bits per heavy atom. The van der Waals surface area contributed by atoms with Crippen molar-refractivity contribution in [3.8, 4) is 0 Å². The number of halogens is 3. The molecule has 1 aliphatic heterocycles. The fourth-order valence-electron chi connectivity index (χ4n) is 2.36. The van der Waals surface area contributed by atoms with Gasteiger partial charge in [0.2, 0.25) is 10.0 Å². The summed E-state index contributed by atoms with van der Waals surface area (Å²) in [5.41, 5.74) is 0. The lowest BCUT2D eigenvalue weighted by molar-refractivity contribution is 0.154. The van der Waals surface area contributed by atoms with Gasteiger partial charge in [0.25, 0.3) is 0 Å². The molecule has 0 aromatic heterocycles. The molecule has 1 saturated heterocycles. The van der Waals surface area contributed by atoms with Gasteiger partial charge in [0.05, 0.1) is 0 Å². The first-order valence-corrected chi connectivity index (χ1v) is 9.65. The zero-order chi connectivity index (χ0) is 15.8. The highest BCUT2D eigenvalue weighted by Crippen LogP contribution is 2.33. The zero-order valence-electron chi connectivity index (χ0n) is 11.8. The number of hydrogen-bond acceptors (Lipinski definition) is 3. The van der Waals surface area contributed by atoms with E-state index in [1.807, 2.05) is 0 Å².